The van der Waals surface area contributed by atoms with E-state index in [4.69, 9.17) is 9.72 Å². The van der Waals surface area contributed by atoms with Gasteiger partial charge in [0.2, 0.25) is 5.78 Å². The monoisotopic (exact) mass is 409 g/mol. The molecule has 0 radical (unpaired) electrons. The fourth-order valence-corrected chi connectivity index (χ4v) is 3.64. The Morgan fingerprint density at radius 1 is 0.806 bits per heavy atom. The summed E-state index contributed by atoms with van der Waals surface area (Å²) in [5.74, 6) is -0.749. The third-order valence-electron chi connectivity index (χ3n) is 5.36. The normalized spacial score (nSPS) is 10.8. The highest BCUT2D eigenvalue weighted by Crippen LogP contribution is 2.27. The number of ketones is 1. The first-order chi connectivity index (χ1) is 14.9. The van der Waals surface area contributed by atoms with E-state index in [2.05, 4.69) is 0 Å². The van der Waals surface area contributed by atoms with Gasteiger partial charge in [-0.25, -0.2) is 9.78 Å². The highest BCUT2D eigenvalue weighted by Gasteiger charge is 2.18. The van der Waals surface area contributed by atoms with Gasteiger partial charge in [-0.2, -0.15) is 0 Å². The van der Waals surface area contributed by atoms with Gasteiger partial charge in [0, 0.05) is 16.5 Å². The number of benzene rings is 3. The highest BCUT2D eigenvalue weighted by atomic mass is 16.5. The van der Waals surface area contributed by atoms with Crippen LogP contribution >= 0.6 is 0 Å². The standard InChI is InChI=1S/C27H23NO3/c1-17-12-13-18(2)22(14-17)25(29)16-31-27(30)23-15-24(20-9-5-4-6-10-20)28-26-19(3)8-7-11-21(23)26/h4-15H,16H2,1-3H3. The number of aromatic nitrogens is 1. The van der Waals surface area contributed by atoms with Gasteiger partial charge in [-0.1, -0.05) is 66.2 Å². The Morgan fingerprint density at radius 2 is 1.58 bits per heavy atom. The minimum Gasteiger partial charge on any atom is -0.454 e. The topological polar surface area (TPSA) is 56.3 Å². The molecule has 0 fully saturated rings. The van der Waals surface area contributed by atoms with Crippen molar-refractivity contribution >= 4 is 22.7 Å². The van der Waals surface area contributed by atoms with E-state index >= 15 is 0 Å². The molecule has 1 heterocycles. The van der Waals surface area contributed by atoms with Crippen LogP contribution in [0.4, 0.5) is 0 Å². The van der Waals surface area contributed by atoms with Crippen LogP contribution in [0.3, 0.4) is 0 Å². The first kappa shape index (κ1) is 20.5. The molecule has 0 aliphatic carbocycles. The van der Waals surface area contributed by atoms with E-state index in [1.165, 1.54) is 0 Å². The lowest BCUT2D eigenvalue weighted by atomic mass is 10.0. The molecule has 0 atom stereocenters. The van der Waals surface area contributed by atoms with Gasteiger partial charge in [0.05, 0.1) is 16.8 Å². The summed E-state index contributed by atoms with van der Waals surface area (Å²) in [5, 5.41) is 0.712. The largest absolute Gasteiger partial charge is 0.454 e. The molecule has 0 saturated carbocycles. The van der Waals surface area contributed by atoms with Gasteiger partial charge in [-0.05, 0) is 44.0 Å². The number of hydrogen-bond acceptors (Lipinski definition) is 4. The molecule has 0 saturated heterocycles. The first-order valence-electron chi connectivity index (χ1n) is 10.2. The van der Waals surface area contributed by atoms with Crippen LogP contribution in [-0.4, -0.2) is 23.3 Å². The van der Waals surface area contributed by atoms with Crippen LogP contribution in [0.5, 0.6) is 0 Å². The summed E-state index contributed by atoms with van der Waals surface area (Å²) in [4.78, 5) is 30.5. The average Bonchev–Trinajstić information content (AvgIpc) is 2.79. The summed E-state index contributed by atoms with van der Waals surface area (Å²) < 4.78 is 5.46. The maximum atomic E-state index is 13.0. The second-order valence-corrected chi connectivity index (χ2v) is 7.71. The molecule has 0 unspecified atom stereocenters. The second-order valence-electron chi connectivity index (χ2n) is 7.71. The average molecular weight is 409 g/mol. The number of aryl methyl sites for hydroxylation is 3. The number of hydrogen-bond donors (Lipinski definition) is 0. The van der Waals surface area contributed by atoms with Gasteiger partial charge in [-0.3, -0.25) is 4.79 Å². The third kappa shape index (κ3) is 4.24. The van der Waals surface area contributed by atoms with Crippen LogP contribution in [-0.2, 0) is 4.74 Å². The summed E-state index contributed by atoms with van der Waals surface area (Å²) >= 11 is 0. The van der Waals surface area contributed by atoms with Crippen molar-refractivity contribution < 1.29 is 14.3 Å². The van der Waals surface area contributed by atoms with Crippen molar-refractivity contribution in [2.45, 2.75) is 20.8 Å². The van der Waals surface area contributed by atoms with Crippen LogP contribution < -0.4 is 0 Å². The predicted octanol–water partition coefficient (Wildman–Crippen LogP) is 5.87. The molecule has 31 heavy (non-hydrogen) atoms. The minimum atomic E-state index is -0.533. The van der Waals surface area contributed by atoms with Crippen molar-refractivity contribution in [2.75, 3.05) is 6.61 Å². The molecule has 0 N–H and O–H groups in total. The fraction of sp³-hybridized carbons (Fsp3) is 0.148. The molecule has 0 bridgehead atoms. The van der Waals surface area contributed by atoms with Crippen LogP contribution in [0.1, 0.15) is 37.4 Å². The van der Waals surface area contributed by atoms with Gasteiger partial charge in [-0.15, -0.1) is 0 Å². The Hall–Kier alpha value is -3.79. The summed E-state index contributed by atoms with van der Waals surface area (Å²) in [6.45, 7) is 5.46. The molecule has 0 aliphatic rings. The zero-order valence-electron chi connectivity index (χ0n) is 17.8. The lowest BCUT2D eigenvalue weighted by Gasteiger charge is -2.12. The second kappa shape index (κ2) is 8.52. The Kier molecular flexibility index (Phi) is 5.63. The number of Topliss-reactive ketones (excluding diaryl/α,β-unsaturated/α-hetero) is 1. The van der Waals surface area contributed by atoms with E-state index in [1.807, 2.05) is 87.5 Å². The SMILES string of the molecule is Cc1ccc(C)c(C(=O)COC(=O)c2cc(-c3ccccc3)nc3c(C)cccc23)c1. The zero-order chi connectivity index (χ0) is 22.0. The van der Waals surface area contributed by atoms with Crippen LogP contribution in [0.25, 0.3) is 22.2 Å². The van der Waals surface area contributed by atoms with Crippen molar-refractivity contribution in [3.05, 3.63) is 101 Å². The molecule has 4 rings (SSSR count). The van der Waals surface area contributed by atoms with E-state index in [-0.39, 0.29) is 12.4 Å². The predicted molar refractivity (Wildman–Crippen MR) is 122 cm³/mol. The number of carbonyl (C=O) groups excluding carboxylic acids is 2. The van der Waals surface area contributed by atoms with Gasteiger partial charge >= 0.3 is 5.97 Å². The number of esters is 1. The lowest BCUT2D eigenvalue weighted by Crippen LogP contribution is -2.16. The molecule has 0 spiro atoms. The number of fused-ring (bicyclic) bond motifs is 1. The number of carbonyl (C=O) groups is 2. The van der Waals surface area contributed by atoms with Crippen LogP contribution in [0, 0.1) is 20.8 Å². The molecule has 3 aromatic carbocycles. The van der Waals surface area contributed by atoms with E-state index in [0.717, 1.165) is 27.8 Å². The molecule has 4 nitrogen and oxygen atoms in total. The van der Waals surface area contributed by atoms with Crippen molar-refractivity contribution in [1.29, 1.82) is 0 Å². The smallest absolute Gasteiger partial charge is 0.339 e. The Bertz CT molecular complexity index is 1290. The van der Waals surface area contributed by atoms with Crippen LogP contribution in [0.2, 0.25) is 0 Å². The van der Waals surface area contributed by atoms with Crippen molar-refractivity contribution in [1.82, 2.24) is 4.98 Å². The molecule has 0 aliphatic heterocycles. The molecular weight excluding hydrogens is 386 g/mol. The van der Waals surface area contributed by atoms with Crippen LogP contribution in [0.15, 0.2) is 72.8 Å². The van der Waals surface area contributed by atoms with E-state index in [0.29, 0.717) is 22.2 Å². The van der Waals surface area contributed by atoms with Crippen molar-refractivity contribution in [2.24, 2.45) is 0 Å². The fourth-order valence-electron chi connectivity index (χ4n) is 3.64. The molecule has 4 heteroatoms. The van der Waals surface area contributed by atoms with Crippen molar-refractivity contribution in [3.63, 3.8) is 0 Å². The lowest BCUT2D eigenvalue weighted by molar-refractivity contribution is 0.0476. The number of para-hydroxylation sites is 1. The number of rotatable bonds is 5. The number of ether oxygens (including phenoxy) is 1. The summed E-state index contributed by atoms with van der Waals surface area (Å²) in [6, 6.07) is 22.8. The zero-order valence-corrected chi connectivity index (χ0v) is 17.8. The Balaban J connectivity index is 1.68. The van der Waals surface area contributed by atoms with Gasteiger partial charge in [0.1, 0.15) is 0 Å². The molecular formula is C27H23NO3. The minimum absolute atomic E-state index is 0.215. The Morgan fingerprint density at radius 3 is 2.35 bits per heavy atom. The summed E-state index contributed by atoms with van der Waals surface area (Å²) in [6.07, 6.45) is 0. The van der Waals surface area contributed by atoms with Crippen molar-refractivity contribution in [3.8, 4) is 11.3 Å². The molecule has 4 aromatic rings. The number of nitrogens with zero attached hydrogens (tertiary/aromatic N) is 1. The quantitative estimate of drug-likeness (QED) is 0.306. The Labute approximate surface area is 181 Å². The van der Waals surface area contributed by atoms with Gasteiger partial charge in [0.15, 0.2) is 6.61 Å². The molecule has 1 aromatic heterocycles. The third-order valence-corrected chi connectivity index (χ3v) is 5.36. The first-order valence-corrected chi connectivity index (χ1v) is 10.2. The van der Waals surface area contributed by atoms with E-state index in [1.54, 1.807) is 6.07 Å². The van der Waals surface area contributed by atoms with Gasteiger partial charge < -0.3 is 4.74 Å². The van der Waals surface area contributed by atoms with E-state index < -0.39 is 5.97 Å². The molecule has 154 valence electrons. The highest BCUT2D eigenvalue weighted by molar-refractivity contribution is 6.07. The molecule has 0 amide bonds. The maximum absolute atomic E-state index is 13.0. The van der Waals surface area contributed by atoms with Gasteiger partial charge in [0.25, 0.3) is 0 Å². The maximum Gasteiger partial charge on any atom is 0.339 e. The number of pyridine rings is 1. The summed E-state index contributed by atoms with van der Waals surface area (Å²) in [5.41, 5.74) is 6.15. The van der Waals surface area contributed by atoms with E-state index in [9.17, 15) is 9.59 Å². The summed E-state index contributed by atoms with van der Waals surface area (Å²) in [7, 11) is 0.